The summed E-state index contributed by atoms with van der Waals surface area (Å²) in [7, 11) is 1.99. The van der Waals surface area contributed by atoms with E-state index in [-0.39, 0.29) is 11.9 Å². The van der Waals surface area contributed by atoms with Gasteiger partial charge in [0.2, 0.25) is 0 Å². The predicted octanol–water partition coefficient (Wildman–Crippen LogP) is 2.36. The molecule has 0 bridgehead atoms. The van der Waals surface area contributed by atoms with Crippen LogP contribution in [0.4, 0.5) is 4.39 Å². The third-order valence-corrected chi connectivity index (χ3v) is 4.26. The molecule has 4 nitrogen and oxygen atoms in total. The molecule has 1 unspecified atom stereocenters. The van der Waals surface area contributed by atoms with Crippen molar-refractivity contribution < 1.29 is 4.39 Å². The Kier molecular flexibility index (Phi) is 4.24. The highest BCUT2D eigenvalue weighted by Gasteiger charge is 2.27. The first-order valence-electron chi connectivity index (χ1n) is 7.01. The lowest BCUT2D eigenvalue weighted by Gasteiger charge is -2.35. The Labute approximate surface area is 128 Å². The van der Waals surface area contributed by atoms with Crippen LogP contribution in [0.5, 0.6) is 0 Å². The van der Waals surface area contributed by atoms with Crippen LogP contribution >= 0.6 is 11.6 Å². The fourth-order valence-corrected chi connectivity index (χ4v) is 2.95. The van der Waals surface area contributed by atoms with Crippen molar-refractivity contribution in [2.24, 2.45) is 7.05 Å². The summed E-state index contributed by atoms with van der Waals surface area (Å²) in [5.74, 6) is 0.757. The van der Waals surface area contributed by atoms with Gasteiger partial charge >= 0.3 is 0 Å². The number of nitrogens with one attached hydrogen (secondary N) is 1. The van der Waals surface area contributed by atoms with E-state index >= 15 is 0 Å². The zero-order chi connectivity index (χ0) is 14.8. The lowest BCUT2D eigenvalue weighted by molar-refractivity contribution is 0.144. The molecule has 21 heavy (non-hydrogen) atoms. The van der Waals surface area contributed by atoms with Gasteiger partial charge in [0.25, 0.3) is 0 Å². The zero-order valence-electron chi connectivity index (χ0n) is 11.9. The molecule has 0 radical (unpaired) electrons. The minimum atomic E-state index is -0.252. The van der Waals surface area contributed by atoms with Crippen LogP contribution in [0.1, 0.15) is 17.4 Å². The average Bonchev–Trinajstić information content (AvgIpc) is 2.90. The third-order valence-electron chi connectivity index (χ3n) is 3.89. The fourth-order valence-electron chi connectivity index (χ4n) is 2.77. The molecule has 2 aromatic rings. The Balaban J connectivity index is 1.85. The molecular weight excluding hydrogens is 291 g/mol. The minimum absolute atomic E-state index is 0.165. The largest absolute Gasteiger partial charge is 0.337 e. The van der Waals surface area contributed by atoms with Gasteiger partial charge in [-0.25, -0.2) is 9.37 Å². The first-order valence-corrected chi connectivity index (χ1v) is 7.39. The highest BCUT2D eigenvalue weighted by Crippen LogP contribution is 2.25. The topological polar surface area (TPSA) is 33.1 Å². The minimum Gasteiger partial charge on any atom is -0.337 e. The van der Waals surface area contributed by atoms with Gasteiger partial charge in [-0.3, -0.25) is 4.90 Å². The Morgan fingerprint density at radius 3 is 3.10 bits per heavy atom. The van der Waals surface area contributed by atoms with Gasteiger partial charge < -0.3 is 9.88 Å². The van der Waals surface area contributed by atoms with Crippen molar-refractivity contribution in [1.29, 1.82) is 0 Å². The van der Waals surface area contributed by atoms with Crippen LogP contribution in [0.15, 0.2) is 30.6 Å². The number of halogens is 2. The molecule has 0 aliphatic carbocycles. The van der Waals surface area contributed by atoms with Gasteiger partial charge in [-0.2, -0.15) is 0 Å². The van der Waals surface area contributed by atoms with Crippen LogP contribution in [0.25, 0.3) is 0 Å². The van der Waals surface area contributed by atoms with E-state index in [1.54, 1.807) is 12.3 Å². The summed E-state index contributed by atoms with van der Waals surface area (Å²) in [4.78, 5) is 6.74. The summed E-state index contributed by atoms with van der Waals surface area (Å²) in [6.07, 6.45) is 3.74. The van der Waals surface area contributed by atoms with Gasteiger partial charge in [-0.15, -0.1) is 0 Å². The molecule has 1 saturated heterocycles. The molecule has 2 heterocycles. The molecule has 6 heteroatoms. The molecule has 0 saturated carbocycles. The van der Waals surface area contributed by atoms with Crippen molar-refractivity contribution in [2.45, 2.75) is 12.6 Å². The normalized spacial score (nSPS) is 19.9. The Morgan fingerprint density at radius 2 is 2.33 bits per heavy atom. The van der Waals surface area contributed by atoms with Crippen molar-refractivity contribution in [2.75, 3.05) is 19.6 Å². The second-order valence-corrected chi connectivity index (χ2v) is 5.73. The molecule has 112 valence electrons. The van der Waals surface area contributed by atoms with Crippen LogP contribution in [-0.2, 0) is 13.6 Å². The molecule has 1 aromatic carbocycles. The van der Waals surface area contributed by atoms with E-state index in [4.69, 9.17) is 11.6 Å². The number of hydrogen-bond donors (Lipinski definition) is 1. The van der Waals surface area contributed by atoms with Crippen molar-refractivity contribution in [3.8, 4) is 0 Å². The van der Waals surface area contributed by atoms with Gasteiger partial charge in [0, 0.05) is 50.6 Å². The SMILES string of the molecule is Cn1ccnc1C1CNCCN1Cc1cc(F)ccc1Cl. The molecule has 1 fully saturated rings. The summed E-state index contributed by atoms with van der Waals surface area (Å²) in [5.41, 5.74) is 0.817. The van der Waals surface area contributed by atoms with E-state index < -0.39 is 0 Å². The monoisotopic (exact) mass is 308 g/mol. The number of hydrogen-bond acceptors (Lipinski definition) is 3. The van der Waals surface area contributed by atoms with Crippen molar-refractivity contribution in [3.05, 3.63) is 52.8 Å². The number of imidazole rings is 1. The van der Waals surface area contributed by atoms with E-state index in [0.29, 0.717) is 11.6 Å². The number of benzene rings is 1. The van der Waals surface area contributed by atoms with Crippen molar-refractivity contribution >= 4 is 11.6 Å². The van der Waals surface area contributed by atoms with Gasteiger partial charge in [0.15, 0.2) is 0 Å². The van der Waals surface area contributed by atoms with Crippen LogP contribution in [0.2, 0.25) is 5.02 Å². The maximum absolute atomic E-state index is 13.4. The highest BCUT2D eigenvalue weighted by atomic mass is 35.5. The van der Waals surface area contributed by atoms with Crippen LogP contribution in [0, 0.1) is 5.82 Å². The molecule has 1 atom stereocenters. The molecule has 0 amide bonds. The second kappa shape index (κ2) is 6.13. The number of nitrogens with zero attached hydrogens (tertiary/aromatic N) is 3. The molecular formula is C15H18ClFN4. The maximum atomic E-state index is 13.4. The summed E-state index contributed by atoms with van der Waals surface area (Å²) in [6, 6.07) is 4.68. The first-order chi connectivity index (χ1) is 10.1. The molecule has 1 aliphatic heterocycles. The number of piperazine rings is 1. The molecule has 3 rings (SSSR count). The summed E-state index contributed by atoms with van der Waals surface area (Å²) >= 11 is 6.19. The van der Waals surface area contributed by atoms with Crippen LogP contribution in [-0.4, -0.2) is 34.1 Å². The highest BCUT2D eigenvalue weighted by molar-refractivity contribution is 6.31. The van der Waals surface area contributed by atoms with E-state index in [0.717, 1.165) is 31.0 Å². The molecule has 1 N–H and O–H groups in total. The maximum Gasteiger partial charge on any atom is 0.127 e. The predicted molar refractivity (Wildman–Crippen MR) is 80.6 cm³/mol. The first kappa shape index (κ1) is 14.5. The standard InChI is InChI=1S/C15H18ClFN4/c1-20-6-5-19-15(20)14-9-18-4-7-21(14)10-11-8-12(17)2-3-13(11)16/h2-3,5-6,8,14,18H,4,7,9-10H2,1H3. The average molecular weight is 309 g/mol. The summed E-state index contributed by atoms with van der Waals surface area (Å²) in [5, 5.41) is 4.00. The lowest BCUT2D eigenvalue weighted by Crippen LogP contribution is -2.46. The van der Waals surface area contributed by atoms with Gasteiger partial charge in [-0.1, -0.05) is 11.6 Å². The van der Waals surface area contributed by atoms with Crippen LogP contribution in [0.3, 0.4) is 0 Å². The van der Waals surface area contributed by atoms with Crippen molar-refractivity contribution in [3.63, 3.8) is 0 Å². The quantitative estimate of drug-likeness (QED) is 0.945. The molecule has 0 spiro atoms. The Bertz CT molecular complexity index is 628. The van der Waals surface area contributed by atoms with E-state index in [1.165, 1.54) is 12.1 Å². The van der Waals surface area contributed by atoms with E-state index in [1.807, 2.05) is 17.8 Å². The van der Waals surface area contributed by atoms with E-state index in [2.05, 4.69) is 15.2 Å². The van der Waals surface area contributed by atoms with Crippen LogP contribution < -0.4 is 5.32 Å². The van der Waals surface area contributed by atoms with Crippen molar-refractivity contribution in [1.82, 2.24) is 19.8 Å². The van der Waals surface area contributed by atoms with Gasteiger partial charge in [0.05, 0.1) is 6.04 Å². The second-order valence-electron chi connectivity index (χ2n) is 5.32. The third kappa shape index (κ3) is 3.10. The molecule has 1 aliphatic rings. The Hall–Kier alpha value is -1.43. The van der Waals surface area contributed by atoms with Gasteiger partial charge in [0.1, 0.15) is 11.6 Å². The molecule has 1 aromatic heterocycles. The zero-order valence-corrected chi connectivity index (χ0v) is 12.6. The lowest BCUT2D eigenvalue weighted by atomic mass is 10.1. The summed E-state index contributed by atoms with van der Waals surface area (Å²) in [6.45, 7) is 3.24. The van der Waals surface area contributed by atoms with Gasteiger partial charge in [-0.05, 0) is 23.8 Å². The Morgan fingerprint density at radius 1 is 1.48 bits per heavy atom. The summed E-state index contributed by atoms with van der Waals surface area (Å²) < 4.78 is 15.5. The number of aryl methyl sites for hydroxylation is 1. The van der Waals surface area contributed by atoms with E-state index in [9.17, 15) is 4.39 Å². The number of aromatic nitrogens is 2. The fraction of sp³-hybridized carbons (Fsp3) is 0.400. The smallest absolute Gasteiger partial charge is 0.127 e. The number of rotatable bonds is 3.